The molecule has 0 radical (unpaired) electrons. The summed E-state index contributed by atoms with van der Waals surface area (Å²) in [6.45, 7) is 8.93. The highest BCUT2D eigenvalue weighted by Crippen LogP contribution is 2.45. The molecule has 2 N–H and O–H groups in total. The van der Waals surface area contributed by atoms with Gasteiger partial charge in [0.1, 0.15) is 5.82 Å². The van der Waals surface area contributed by atoms with Gasteiger partial charge in [0.2, 0.25) is 10.0 Å². The van der Waals surface area contributed by atoms with Gasteiger partial charge in [-0.3, -0.25) is 9.52 Å². The van der Waals surface area contributed by atoms with E-state index in [1.165, 1.54) is 17.3 Å². The Morgan fingerprint density at radius 3 is 2.21 bits per heavy atom. The van der Waals surface area contributed by atoms with Crippen LogP contribution in [0.3, 0.4) is 0 Å². The van der Waals surface area contributed by atoms with Crippen LogP contribution in [0.15, 0.2) is 36.5 Å². The number of sulfonamides is 1. The van der Waals surface area contributed by atoms with Crippen molar-refractivity contribution in [3.8, 4) is 0 Å². The van der Waals surface area contributed by atoms with E-state index in [4.69, 9.17) is 0 Å². The highest BCUT2D eigenvalue weighted by Gasteiger charge is 2.37. The lowest BCUT2D eigenvalue weighted by Gasteiger charge is -2.42. The maximum atomic E-state index is 12.7. The number of rotatable bonds is 4. The van der Waals surface area contributed by atoms with E-state index >= 15 is 0 Å². The number of benzene rings is 1. The van der Waals surface area contributed by atoms with E-state index in [2.05, 4.69) is 48.8 Å². The number of nitrogens with one attached hydrogen (secondary N) is 2. The number of hydrogen-bond acceptors (Lipinski definition) is 4. The van der Waals surface area contributed by atoms with Crippen LogP contribution in [0.25, 0.3) is 0 Å². The van der Waals surface area contributed by atoms with Crippen LogP contribution in [0.2, 0.25) is 0 Å². The summed E-state index contributed by atoms with van der Waals surface area (Å²) >= 11 is 0. The first-order valence-electron chi connectivity index (χ1n) is 9.28. The molecule has 7 heteroatoms. The zero-order valence-electron chi connectivity index (χ0n) is 17.0. The SMILES string of the molecule is CC1(C)CCC(C)(C)c2cc(C(=O)Nc3ccc(NS(C)(=O)=O)cn3)ccc21. The maximum Gasteiger partial charge on any atom is 0.256 e. The van der Waals surface area contributed by atoms with Gasteiger partial charge < -0.3 is 5.32 Å². The molecular formula is C21H27N3O3S. The number of nitrogens with zero attached hydrogens (tertiary/aromatic N) is 1. The lowest BCUT2D eigenvalue weighted by atomic mass is 9.63. The van der Waals surface area contributed by atoms with Gasteiger partial charge in [0.15, 0.2) is 0 Å². The molecule has 1 heterocycles. The average molecular weight is 402 g/mol. The highest BCUT2D eigenvalue weighted by molar-refractivity contribution is 7.92. The summed E-state index contributed by atoms with van der Waals surface area (Å²) in [5, 5.41) is 2.78. The van der Waals surface area contributed by atoms with E-state index in [-0.39, 0.29) is 16.7 Å². The van der Waals surface area contributed by atoms with Crippen LogP contribution >= 0.6 is 0 Å². The minimum Gasteiger partial charge on any atom is -0.307 e. The summed E-state index contributed by atoms with van der Waals surface area (Å²) in [6, 6.07) is 9.04. The Labute approximate surface area is 166 Å². The smallest absolute Gasteiger partial charge is 0.256 e. The van der Waals surface area contributed by atoms with Crippen LogP contribution in [0.1, 0.15) is 62.0 Å². The molecule has 2 aromatic rings. The second-order valence-corrected chi connectivity index (χ2v) is 10.5. The Bertz CT molecular complexity index is 1010. The van der Waals surface area contributed by atoms with Crippen molar-refractivity contribution >= 4 is 27.4 Å². The van der Waals surface area contributed by atoms with Crippen LogP contribution < -0.4 is 10.0 Å². The molecule has 0 atom stereocenters. The van der Waals surface area contributed by atoms with Crippen LogP contribution in [0, 0.1) is 0 Å². The normalized spacial score (nSPS) is 17.5. The van der Waals surface area contributed by atoms with Gasteiger partial charge in [0.05, 0.1) is 18.1 Å². The molecule has 1 amide bonds. The van der Waals surface area contributed by atoms with Crippen molar-refractivity contribution in [2.45, 2.75) is 51.4 Å². The van der Waals surface area contributed by atoms with Crippen molar-refractivity contribution in [3.05, 3.63) is 53.2 Å². The molecule has 1 aromatic carbocycles. The van der Waals surface area contributed by atoms with Gasteiger partial charge in [-0.25, -0.2) is 13.4 Å². The molecule has 0 aliphatic heterocycles. The third-order valence-corrected chi connectivity index (χ3v) is 6.03. The van der Waals surface area contributed by atoms with Gasteiger partial charge in [-0.05, 0) is 59.1 Å². The number of fused-ring (bicyclic) bond motifs is 1. The zero-order valence-corrected chi connectivity index (χ0v) is 17.8. The Kier molecular flexibility index (Phi) is 5.00. The van der Waals surface area contributed by atoms with E-state index in [1.807, 2.05) is 12.1 Å². The molecule has 0 fully saturated rings. The first kappa shape index (κ1) is 20.3. The Morgan fingerprint density at radius 2 is 1.64 bits per heavy atom. The van der Waals surface area contributed by atoms with Gasteiger partial charge in [-0.2, -0.15) is 0 Å². The van der Waals surface area contributed by atoms with Gasteiger partial charge in [-0.1, -0.05) is 33.8 Å². The predicted molar refractivity (Wildman–Crippen MR) is 112 cm³/mol. The quantitative estimate of drug-likeness (QED) is 0.809. The second-order valence-electron chi connectivity index (χ2n) is 8.79. The Balaban J connectivity index is 1.82. The zero-order chi connectivity index (χ0) is 20.7. The van der Waals surface area contributed by atoms with E-state index in [0.29, 0.717) is 17.1 Å². The number of carbonyl (C=O) groups is 1. The van der Waals surface area contributed by atoms with Gasteiger partial charge in [-0.15, -0.1) is 0 Å². The van der Waals surface area contributed by atoms with Crippen molar-refractivity contribution in [3.63, 3.8) is 0 Å². The van der Waals surface area contributed by atoms with E-state index in [0.717, 1.165) is 19.1 Å². The molecule has 0 saturated heterocycles. The number of amides is 1. The van der Waals surface area contributed by atoms with Crippen LogP contribution in [-0.4, -0.2) is 25.6 Å². The summed E-state index contributed by atoms with van der Waals surface area (Å²) in [5.74, 6) is 0.125. The molecule has 1 aliphatic carbocycles. The van der Waals surface area contributed by atoms with Crippen LogP contribution in [0.5, 0.6) is 0 Å². The molecule has 1 aliphatic rings. The molecular weight excluding hydrogens is 374 g/mol. The third-order valence-electron chi connectivity index (χ3n) is 5.42. The Morgan fingerprint density at radius 1 is 1.00 bits per heavy atom. The minimum absolute atomic E-state index is 0.0261. The van der Waals surface area contributed by atoms with E-state index < -0.39 is 10.0 Å². The lowest BCUT2D eigenvalue weighted by molar-refractivity contribution is 0.102. The van der Waals surface area contributed by atoms with Crippen molar-refractivity contribution in [1.29, 1.82) is 0 Å². The molecule has 0 spiro atoms. The number of aromatic nitrogens is 1. The minimum atomic E-state index is -3.36. The molecule has 3 rings (SSSR count). The van der Waals surface area contributed by atoms with Gasteiger partial charge in [0, 0.05) is 5.56 Å². The van der Waals surface area contributed by atoms with E-state index in [9.17, 15) is 13.2 Å². The number of pyridine rings is 1. The van der Waals surface area contributed by atoms with Crippen molar-refractivity contribution in [2.24, 2.45) is 0 Å². The molecule has 150 valence electrons. The fraction of sp³-hybridized carbons (Fsp3) is 0.429. The van der Waals surface area contributed by atoms with Crippen molar-refractivity contribution < 1.29 is 13.2 Å². The van der Waals surface area contributed by atoms with Gasteiger partial charge >= 0.3 is 0 Å². The van der Waals surface area contributed by atoms with Crippen LogP contribution in [-0.2, 0) is 20.9 Å². The molecule has 1 aromatic heterocycles. The number of anilines is 2. The van der Waals surface area contributed by atoms with Crippen molar-refractivity contribution in [1.82, 2.24) is 4.98 Å². The summed E-state index contributed by atoms with van der Waals surface area (Å²) < 4.78 is 24.9. The fourth-order valence-corrected chi connectivity index (χ4v) is 4.21. The average Bonchev–Trinajstić information content (AvgIpc) is 2.59. The summed E-state index contributed by atoms with van der Waals surface area (Å²) in [6.07, 6.45) is 4.64. The predicted octanol–water partition coefficient (Wildman–Crippen LogP) is 4.05. The largest absolute Gasteiger partial charge is 0.307 e. The fourth-order valence-electron chi connectivity index (χ4n) is 3.66. The maximum absolute atomic E-state index is 12.7. The summed E-state index contributed by atoms with van der Waals surface area (Å²) in [7, 11) is -3.36. The lowest BCUT2D eigenvalue weighted by Crippen LogP contribution is -2.34. The van der Waals surface area contributed by atoms with E-state index in [1.54, 1.807) is 12.1 Å². The first-order valence-corrected chi connectivity index (χ1v) is 11.2. The van der Waals surface area contributed by atoms with Crippen LogP contribution in [0.4, 0.5) is 11.5 Å². The molecule has 6 nitrogen and oxygen atoms in total. The monoisotopic (exact) mass is 401 g/mol. The second kappa shape index (κ2) is 6.88. The van der Waals surface area contributed by atoms with Gasteiger partial charge in [0.25, 0.3) is 5.91 Å². The first-order chi connectivity index (χ1) is 12.9. The highest BCUT2D eigenvalue weighted by atomic mass is 32.2. The number of carbonyl (C=O) groups excluding carboxylic acids is 1. The standard InChI is InChI=1S/C21H27N3O3S/c1-20(2)10-11-21(3,4)17-12-14(6-8-16(17)20)19(25)23-18-9-7-15(13-22-18)24-28(5,26)27/h6-9,12-13,24H,10-11H2,1-5H3,(H,22,23,25). The third kappa shape index (κ3) is 4.35. The number of hydrogen-bond donors (Lipinski definition) is 2. The summed E-state index contributed by atoms with van der Waals surface area (Å²) in [4.78, 5) is 16.8. The molecule has 28 heavy (non-hydrogen) atoms. The summed E-state index contributed by atoms with van der Waals surface area (Å²) in [5.41, 5.74) is 3.58. The van der Waals surface area contributed by atoms with Crippen molar-refractivity contribution in [2.75, 3.05) is 16.3 Å². The molecule has 0 bridgehead atoms. The molecule has 0 unspecified atom stereocenters. The molecule has 0 saturated carbocycles. The Hall–Kier alpha value is -2.41. The topological polar surface area (TPSA) is 88.2 Å².